The Morgan fingerprint density at radius 2 is 1.56 bits per heavy atom. The van der Waals surface area contributed by atoms with Crippen LogP contribution in [-0.2, 0) is 32.8 Å². The number of nitrogens with zero attached hydrogens (tertiary/aromatic N) is 3. The van der Waals surface area contributed by atoms with E-state index in [1.165, 1.54) is 19.0 Å². The van der Waals surface area contributed by atoms with E-state index in [9.17, 15) is 18.0 Å². The van der Waals surface area contributed by atoms with E-state index >= 15 is 0 Å². The molecule has 0 bridgehead atoms. The first-order chi connectivity index (χ1) is 19.4. The van der Waals surface area contributed by atoms with Gasteiger partial charge in [-0.05, 0) is 55.7 Å². The maximum atomic E-state index is 14.3. The van der Waals surface area contributed by atoms with Crippen molar-refractivity contribution in [2.45, 2.75) is 39.8 Å². The largest absolute Gasteiger partial charge is 0.355 e. The zero-order valence-corrected chi connectivity index (χ0v) is 26.2. The number of halogens is 2. The summed E-state index contributed by atoms with van der Waals surface area (Å²) in [5.41, 5.74) is 3.18. The molecule has 0 saturated carbocycles. The Morgan fingerprint density at radius 1 is 0.927 bits per heavy atom. The van der Waals surface area contributed by atoms with Gasteiger partial charge >= 0.3 is 10.2 Å². The summed E-state index contributed by atoms with van der Waals surface area (Å²) in [7, 11) is -1.28. The van der Waals surface area contributed by atoms with Crippen LogP contribution in [-0.4, -0.2) is 62.7 Å². The quantitative estimate of drug-likeness (QED) is 0.309. The minimum absolute atomic E-state index is 0.103. The van der Waals surface area contributed by atoms with E-state index in [1.807, 2.05) is 49.4 Å². The first kappa shape index (κ1) is 32.4. The summed E-state index contributed by atoms with van der Waals surface area (Å²) >= 11 is 13.0. The fourth-order valence-electron chi connectivity index (χ4n) is 4.39. The molecule has 0 aliphatic rings. The first-order valence-corrected chi connectivity index (χ1v) is 15.3. The van der Waals surface area contributed by atoms with Crippen molar-refractivity contribution < 1.29 is 18.0 Å². The second-order valence-corrected chi connectivity index (χ2v) is 12.8. The molecule has 0 heterocycles. The number of carbonyl (C=O) groups excluding carboxylic acids is 2. The van der Waals surface area contributed by atoms with Crippen LogP contribution in [0.25, 0.3) is 0 Å². The zero-order valence-electron chi connectivity index (χ0n) is 23.9. The molecule has 11 heteroatoms. The highest BCUT2D eigenvalue weighted by atomic mass is 35.5. The third-order valence-corrected chi connectivity index (χ3v) is 9.18. The van der Waals surface area contributed by atoms with E-state index in [4.69, 9.17) is 23.2 Å². The standard InChI is InChI=1S/C30H36Cl2N4O4S/c1-6-33-30(38)28(18-23-11-8-7-9-12-23)35(19-24-25(31)13-10-14-26(24)32)29(37)20-36(41(39,40)34(4)5)27-17-21(2)15-16-22(27)3/h7-17,28H,6,18-20H2,1-5H3,(H,33,38). The minimum Gasteiger partial charge on any atom is -0.355 e. The number of carbonyl (C=O) groups is 2. The minimum atomic E-state index is -4.10. The summed E-state index contributed by atoms with van der Waals surface area (Å²) in [6.45, 7) is 5.13. The number of amides is 2. The van der Waals surface area contributed by atoms with Gasteiger partial charge in [0.15, 0.2) is 0 Å². The number of nitrogens with one attached hydrogen (secondary N) is 1. The number of anilines is 1. The number of rotatable bonds is 12. The van der Waals surface area contributed by atoms with E-state index in [2.05, 4.69) is 5.32 Å². The monoisotopic (exact) mass is 618 g/mol. The molecule has 0 aliphatic heterocycles. The van der Waals surface area contributed by atoms with Gasteiger partial charge in [-0.1, -0.05) is 71.7 Å². The Kier molecular flexibility index (Phi) is 11.2. The lowest BCUT2D eigenvalue weighted by Crippen LogP contribution is -2.54. The normalized spacial score (nSPS) is 12.2. The lowest BCUT2D eigenvalue weighted by atomic mass is 10.0. The molecule has 0 spiro atoms. The third-order valence-electron chi connectivity index (χ3n) is 6.66. The molecule has 0 aliphatic carbocycles. The van der Waals surface area contributed by atoms with Crippen molar-refractivity contribution in [1.82, 2.24) is 14.5 Å². The van der Waals surface area contributed by atoms with Crippen LogP contribution < -0.4 is 9.62 Å². The van der Waals surface area contributed by atoms with E-state index in [0.717, 1.165) is 19.7 Å². The highest BCUT2D eigenvalue weighted by molar-refractivity contribution is 7.90. The van der Waals surface area contributed by atoms with Crippen molar-refractivity contribution in [3.63, 3.8) is 0 Å². The van der Waals surface area contributed by atoms with Gasteiger partial charge in [-0.15, -0.1) is 0 Å². The molecule has 3 aromatic carbocycles. The molecule has 1 unspecified atom stereocenters. The first-order valence-electron chi connectivity index (χ1n) is 13.2. The molecule has 0 fully saturated rings. The Labute approximate surface area is 253 Å². The summed E-state index contributed by atoms with van der Waals surface area (Å²) in [6.07, 6.45) is 0.199. The molecule has 3 rings (SSSR count). The fraction of sp³-hybridized carbons (Fsp3) is 0.333. The van der Waals surface area contributed by atoms with Gasteiger partial charge in [0, 0.05) is 49.2 Å². The summed E-state index contributed by atoms with van der Waals surface area (Å²) < 4.78 is 29.3. The number of benzene rings is 3. The van der Waals surface area contributed by atoms with Crippen molar-refractivity contribution in [1.29, 1.82) is 0 Å². The molecule has 8 nitrogen and oxygen atoms in total. The van der Waals surface area contributed by atoms with Crippen LogP contribution in [0.2, 0.25) is 10.0 Å². The number of likely N-dealkylation sites (N-methyl/N-ethyl adjacent to an activating group) is 1. The molecule has 1 atom stereocenters. The maximum absolute atomic E-state index is 14.3. The van der Waals surface area contributed by atoms with Crippen molar-refractivity contribution in [3.05, 3.63) is 99.0 Å². The van der Waals surface area contributed by atoms with Crippen molar-refractivity contribution in [3.8, 4) is 0 Å². The van der Waals surface area contributed by atoms with E-state index in [0.29, 0.717) is 33.4 Å². The smallest absolute Gasteiger partial charge is 0.304 e. The highest BCUT2D eigenvalue weighted by Gasteiger charge is 2.35. The van der Waals surface area contributed by atoms with Gasteiger partial charge in [-0.2, -0.15) is 12.7 Å². The van der Waals surface area contributed by atoms with Gasteiger partial charge in [-0.3, -0.25) is 9.59 Å². The van der Waals surface area contributed by atoms with Crippen molar-refractivity contribution in [2.24, 2.45) is 0 Å². The van der Waals surface area contributed by atoms with Gasteiger partial charge < -0.3 is 10.2 Å². The van der Waals surface area contributed by atoms with E-state index in [-0.39, 0.29) is 18.9 Å². The Bertz CT molecular complexity index is 1460. The molecule has 1 N–H and O–H groups in total. The fourth-order valence-corrected chi connectivity index (χ4v) is 6.02. The summed E-state index contributed by atoms with van der Waals surface area (Å²) in [5.74, 6) is -0.957. The molecule has 2 amide bonds. The Hall–Kier alpha value is -3.11. The van der Waals surface area contributed by atoms with Gasteiger partial charge in [0.2, 0.25) is 11.8 Å². The molecule has 41 heavy (non-hydrogen) atoms. The second kappa shape index (κ2) is 14.2. The van der Waals surface area contributed by atoms with Gasteiger partial charge in [-0.25, -0.2) is 4.31 Å². The zero-order chi connectivity index (χ0) is 30.3. The average molecular weight is 620 g/mol. The third kappa shape index (κ3) is 8.01. The van der Waals surface area contributed by atoms with Crippen LogP contribution >= 0.6 is 23.2 Å². The highest BCUT2D eigenvalue weighted by Crippen LogP contribution is 2.29. The Balaban J connectivity index is 2.16. The Morgan fingerprint density at radius 3 is 2.15 bits per heavy atom. The topological polar surface area (TPSA) is 90.0 Å². The van der Waals surface area contributed by atoms with Gasteiger partial charge in [0.1, 0.15) is 12.6 Å². The van der Waals surface area contributed by atoms with Crippen LogP contribution in [0.5, 0.6) is 0 Å². The maximum Gasteiger partial charge on any atom is 0.304 e. The van der Waals surface area contributed by atoms with Crippen LogP contribution in [0.15, 0.2) is 66.7 Å². The second-order valence-electron chi connectivity index (χ2n) is 9.91. The molecule has 0 aromatic heterocycles. The predicted octanol–water partition coefficient (Wildman–Crippen LogP) is 5.00. The van der Waals surface area contributed by atoms with Crippen molar-refractivity contribution >= 4 is 50.9 Å². The van der Waals surface area contributed by atoms with Crippen LogP contribution in [0.4, 0.5) is 5.69 Å². The molecule has 0 saturated heterocycles. The average Bonchev–Trinajstić information content (AvgIpc) is 2.92. The molecular formula is C30H36Cl2N4O4S. The van der Waals surface area contributed by atoms with Gasteiger partial charge in [0.05, 0.1) is 5.69 Å². The van der Waals surface area contributed by atoms with E-state index < -0.39 is 28.7 Å². The predicted molar refractivity (Wildman–Crippen MR) is 165 cm³/mol. The van der Waals surface area contributed by atoms with Crippen LogP contribution in [0.1, 0.15) is 29.2 Å². The molecular weight excluding hydrogens is 583 g/mol. The van der Waals surface area contributed by atoms with Crippen molar-refractivity contribution in [2.75, 3.05) is 31.5 Å². The molecule has 0 radical (unpaired) electrons. The van der Waals surface area contributed by atoms with Crippen LogP contribution in [0, 0.1) is 13.8 Å². The summed E-state index contributed by atoms with van der Waals surface area (Å²) in [4.78, 5) is 29.2. The van der Waals surface area contributed by atoms with E-state index in [1.54, 1.807) is 38.1 Å². The number of aryl methyl sites for hydroxylation is 2. The molecule has 3 aromatic rings. The SMILES string of the molecule is CCNC(=O)C(Cc1ccccc1)N(Cc1c(Cl)cccc1Cl)C(=O)CN(c1cc(C)ccc1C)S(=O)(=O)N(C)C. The summed E-state index contributed by atoms with van der Waals surface area (Å²) in [5, 5.41) is 3.49. The number of hydrogen-bond donors (Lipinski definition) is 1. The number of hydrogen-bond acceptors (Lipinski definition) is 4. The lowest BCUT2D eigenvalue weighted by Gasteiger charge is -2.35. The van der Waals surface area contributed by atoms with Gasteiger partial charge in [0.25, 0.3) is 0 Å². The summed E-state index contributed by atoms with van der Waals surface area (Å²) in [6, 6.07) is 18.8. The molecule has 220 valence electrons. The van der Waals surface area contributed by atoms with Crippen LogP contribution in [0.3, 0.4) is 0 Å². The lowest BCUT2D eigenvalue weighted by molar-refractivity contribution is -0.140.